The second-order valence-corrected chi connectivity index (χ2v) is 6.03. The molecule has 0 aliphatic rings. The van der Waals surface area contributed by atoms with Crippen LogP contribution in [0.4, 0.5) is 15.8 Å². The fourth-order valence-corrected chi connectivity index (χ4v) is 2.72. The predicted octanol–water partition coefficient (Wildman–Crippen LogP) is 2.98. The van der Waals surface area contributed by atoms with Gasteiger partial charge in [-0.3, -0.25) is 4.72 Å². The van der Waals surface area contributed by atoms with E-state index in [2.05, 4.69) is 10.0 Å². The Morgan fingerprint density at radius 1 is 1.00 bits per heavy atom. The Bertz CT molecular complexity index is 712. The molecule has 2 aromatic rings. The first-order valence-electron chi connectivity index (χ1n) is 5.99. The first-order valence-corrected chi connectivity index (χ1v) is 7.47. The first-order chi connectivity index (χ1) is 9.42. The van der Waals surface area contributed by atoms with Crippen molar-refractivity contribution in [3.63, 3.8) is 0 Å². The molecule has 0 amide bonds. The molecule has 2 rings (SSSR count). The number of sulfonamides is 1. The summed E-state index contributed by atoms with van der Waals surface area (Å²) in [6, 6.07) is 10.5. The zero-order valence-electron chi connectivity index (χ0n) is 11.1. The van der Waals surface area contributed by atoms with Gasteiger partial charge < -0.3 is 5.32 Å². The third-order valence-electron chi connectivity index (χ3n) is 2.88. The average Bonchev–Trinajstić information content (AvgIpc) is 2.43. The molecule has 0 aliphatic heterocycles. The lowest BCUT2D eigenvalue weighted by molar-refractivity contribution is 0.601. The van der Waals surface area contributed by atoms with E-state index in [1.165, 1.54) is 24.3 Å². The number of nitrogens with one attached hydrogen (secondary N) is 2. The summed E-state index contributed by atoms with van der Waals surface area (Å²) in [5.74, 6) is -0.448. The van der Waals surface area contributed by atoms with Crippen molar-refractivity contribution in [1.29, 1.82) is 0 Å². The Morgan fingerprint density at radius 2 is 1.60 bits per heavy atom. The van der Waals surface area contributed by atoms with Crippen LogP contribution in [0.2, 0.25) is 0 Å². The maximum absolute atomic E-state index is 13.4. The fraction of sp³-hybridized carbons (Fsp3) is 0.143. The Hall–Kier alpha value is -2.08. The zero-order chi connectivity index (χ0) is 14.8. The van der Waals surface area contributed by atoms with Crippen molar-refractivity contribution in [2.75, 3.05) is 17.1 Å². The third-order valence-corrected chi connectivity index (χ3v) is 4.27. The molecule has 0 spiro atoms. The zero-order valence-corrected chi connectivity index (χ0v) is 12.0. The number of rotatable bonds is 4. The molecular weight excluding hydrogens is 279 g/mol. The molecule has 2 N–H and O–H groups in total. The van der Waals surface area contributed by atoms with E-state index < -0.39 is 15.8 Å². The van der Waals surface area contributed by atoms with Gasteiger partial charge in [0.2, 0.25) is 0 Å². The minimum absolute atomic E-state index is 0.123. The lowest BCUT2D eigenvalue weighted by atomic mass is 10.2. The molecule has 20 heavy (non-hydrogen) atoms. The van der Waals surface area contributed by atoms with Crippen LogP contribution in [0.5, 0.6) is 0 Å². The van der Waals surface area contributed by atoms with Gasteiger partial charge in [-0.15, -0.1) is 0 Å². The average molecular weight is 294 g/mol. The highest BCUT2D eigenvalue weighted by Crippen LogP contribution is 2.19. The molecule has 0 aromatic heterocycles. The van der Waals surface area contributed by atoms with Crippen LogP contribution in [-0.4, -0.2) is 15.5 Å². The molecule has 106 valence electrons. The summed E-state index contributed by atoms with van der Waals surface area (Å²) in [7, 11) is -1.97. The summed E-state index contributed by atoms with van der Waals surface area (Å²) in [5.41, 5.74) is 1.47. The van der Waals surface area contributed by atoms with Gasteiger partial charge in [0, 0.05) is 12.7 Å². The third kappa shape index (κ3) is 3.08. The molecule has 0 heterocycles. The lowest BCUT2D eigenvalue weighted by Gasteiger charge is -2.09. The number of anilines is 2. The van der Waals surface area contributed by atoms with E-state index in [-0.39, 0.29) is 10.6 Å². The molecule has 0 saturated heterocycles. The second-order valence-electron chi connectivity index (χ2n) is 4.34. The molecule has 2 aromatic carbocycles. The van der Waals surface area contributed by atoms with Crippen molar-refractivity contribution in [2.45, 2.75) is 11.8 Å². The molecule has 0 aliphatic carbocycles. The highest BCUT2D eigenvalue weighted by molar-refractivity contribution is 7.92. The number of halogens is 1. The van der Waals surface area contributed by atoms with Crippen LogP contribution in [0.1, 0.15) is 5.56 Å². The smallest absolute Gasteiger partial charge is 0.261 e. The van der Waals surface area contributed by atoms with Crippen molar-refractivity contribution >= 4 is 21.4 Å². The highest BCUT2D eigenvalue weighted by atomic mass is 32.2. The molecule has 0 atom stereocenters. The van der Waals surface area contributed by atoms with Gasteiger partial charge in [-0.25, -0.2) is 12.8 Å². The molecule has 0 radical (unpaired) electrons. The molecule has 0 saturated carbocycles. The van der Waals surface area contributed by atoms with Gasteiger partial charge in [0.05, 0.1) is 10.6 Å². The molecule has 0 fully saturated rings. The van der Waals surface area contributed by atoms with Crippen molar-refractivity contribution in [3.8, 4) is 0 Å². The number of benzene rings is 2. The maximum atomic E-state index is 13.4. The summed E-state index contributed by atoms with van der Waals surface area (Å²) in [5, 5.41) is 2.90. The molecule has 0 unspecified atom stereocenters. The fourth-order valence-electron chi connectivity index (χ4n) is 1.67. The summed E-state index contributed by atoms with van der Waals surface area (Å²) >= 11 is 0. The van der Waals surface area contributed by atoms with Gasteiger partial charge in [-0.2, -0.15) is 0 Å². The topological polar surface area (TPSA) is 58.2 Å². The van der Waals surface area contributed by atoms with Gasteiger partial charge in [0.1, 0.15) is 5.82 Å². The first kappa shape index (κ1) is 14.3. The summed E-state index contributed by atoms with van der Waals surface area (Å²) in [4.78, 5) is 0.123. The van der Waals surface area contributed by atoms with Gasteiger partial charge in [0.15, 0.2) is 0 Å². The quantitative estimate of drug-likeness (QED) is 0.911. The predicted molar refractivity (Wildman–Crippen MR) is 77.9 cm³/mol. The van der Waals surface area contributed by atoms with Gasteiger partial charge >= 0.3 is 0 Å². The Labute approximate surface area is 117 Å². The van der Waals surface area contributed by atoms with Crippen LogP contribution >= 0.6 is 0 Å². The van der Waals surface area contributed by atoms with Gasteiger partial charge in [-0.05, 0) is 48.9 Å². The standard InChI is InChI=1S/C14H15FN2O2S/c1-10-3-4-12(9-14(10)15)17-20(18,19)13-7-5-11(16-2)6-8-13/h3-9,16-17H,1-2H3. The van der Waals surface area contributed by atoms with Gasteiger partial charge in [0.25, 0.3) is 10.0 Å². The lowest BCUT2D eigenvalue weighted by Crippen LogP contribution is -2.13. The Morgan fingerprint density at radius 3 is 2.15 bits per heavy atom. The van der Waals surface area contributed by atoms with Crippen molar-refractivity contribution in [3.05, 3.63) is 53.8 Å². The van der Waals surface area contributed by atoms with E-state index in [1.54, 1.807) is 26.1 Å². The molecular formula is C14H15FN2O2S. The number of aryl methyl sites for hydroxylation is 1. The van der Waals surface area contributed by atoms with Crippen molar-refractivity contribution < 1.29 is 12.8 Å². The Balaban J connectivity index is 2.27. The maximum Gasteiger partial charge on any atom is 0.261 e. The van der Waals surface area contributed by atoms with Gasteiger partial charge in [-0.1, -0.05) is 6.07 Å². The Kier molecular flexibility index (Phi) is 3.94. The van der Waals surface area contributed by atoms with E-state index in [0.29, 0.717) is 5.56 Å². The van der Waals surface area contributed by atoms with E-state index in [9.17, 15) is 12.8 Å². The van der Waals surface area contributed by atoms with Crippen molar-refractivity contribution in [2.24, 2.45) is 0 Å². The molecule has 0 bridgehead atoms. The number of hydrogen-bond acceptors (Lipinski definition) is 3. The normalized spacial score (nSPS) is 11.2. The number of hydrogen-bond donors (Lipinski definition) is 2. The van der Waals surface area contributed by atoms with Crippen LogP contribution in [0, 0.1) is 12.7 Å². The van der Waals surface area contributed by atoms with Crippen LogP contribution in [-0.2, 0) is 10.0 Å². The molecule has 4 nitrogen and oxygen atoms in total. The summed E-state index contributed by atoms with van der Waals surface area (Å²) in [6.45, 7) is 1.62. The van der Waals surface area contributed by atoms with Crippen LogP contribution in [0.25, 0.3) is 0 Å². The van der Waals surface area contributed by atoms with E-state index in [4.69, 9.17) is 0 Å². The minimum Gasteiger partial charge on any atom is -0.388 e. The summed E-state index contributed by atoms with van der Waals surface area (Å²) in [6.07, 6.45) is 0. The molecule has 6 heteroatoms. The van der Waals surface area contributed by atoms with Crippen LogP contribution in [0.3, 0.4) is 0 Å². The summed E-state index contributed by atoms with van der Waals surface area (Å²) < 4.78 is 40.1. The largest absolute Gasteiger partial charge is 0.388 e. The SMILES string of the molecule is CNc1ccc(S(=O)(=O)Nc2ccc(C)c(F)c2)cc1. The van der Waals surface area contributed by atoms with Crippen LogP contribution in [0.15, 0.2) is 47.4 Å². The monoisotopic (exact) mass is 294 g/mol. The highest BCUT2D eigenvalue weighted by Gasteiger charge is 2.14. The van der Waals surface area contributed by atoms with Crippen molar-refractivity contribution in [1.82, 2.24) is 0 Å². The van der Waals surface area contributed by atoms with E-state index in [0.717, 1.165) is 11.8 Å². The van der Waals surface area contributed by atoms with E-state index in [1.807, 2.05) is 0 Å². The van der Waals surface area contributed by atoms with E-state index >= 15 is 0 Å². The second kappa shape index (κ2) is 5.50. The minimum atomic E-state index is -3.71. The van der Waals surface area contributed by atoms with Crippen LogP contribution < -0.4 is 10.0 Å².